The zero-order valence-corrected chi connectivity index (χ0v) is 16.1. The quantitative estimate of drug-likeness (QED) is 0.707. The van der Waals surface area contributed by atoms with Crippen molar-refractivity contribution in [3.63, 3.8) is 0 Å². The number of aryl methyl sites for hydroxylation is 3. The summed E-state index contributed by atoms with van der Waals surface area (Å²) in [5, 5.41) is 5.93. The fourth-order valence-corrected chi connectivity index (χ4v) is 3.71. The van der Waals surface area contributed by atoms with Crippen LogP contribution in [0.2, 0.25) is 0 Å². The van der Waals surface area contributed by atoms with Crippen molar-refractivity contribution in [2.75, 3.05) is 12.4 Å². The number of hydrogen-bond donors (Lipinski definition) is 2. The highest BCUT2D eigenvalue weighted by Crippen LogP contribution is 2.25. The summed E-state index contributed by atoms with van der Waals surface area (Å²) >= 11 is 1.50. The van der Waals surface area contributed by atoms with E-state index in [1.54, 1.807) is 31.3 Å². The van der Waals surface area contributed by atoms with E-state index in [2.05, 4.69) is 15.6 Å². The molecule has 7 nitrogen and oxygen atoms in total. The van der Waals surface area contributed by atoms with Crippen LogP contribution in [0.5, 0.6) is 0 Å². The van der Waals surface area contributed by atoms with Crippen LogP contribution in [0.15, 0.2) is 35.4 Å². The van der Waals surface area contributed by atoms with Crippen LogP contribution >= 0.6 is 11.3 Å². The molecule has 0 fully saturated rings. The van der Waals surface area contributed by atoms with Gasteiger partial charge in [0.1, 0.15) is 4.83 Å². The van der Waals surface area contributed by atoms with Gasteiger partial charge in [0.15, 0.2) is 0 Å². The van der Waals surface area contributed by atoms with E-state index in [0.29, 0.717) is 16.6 Å². The first-order valence-electron chi connectivity index (χ1n) is 8.48. The Bertz CT molecular complexity index is 1070. The highest BCUT2D eigenvalue weighted by Gasteiger charge is 2.13. The number of anilines is 1. The first-order valence-corrected chi connectivity index (χ1v) is 9.29. The molecule has 2 N–H and O–H groups in total. The van der Waals surface area contributed by atoms with Crippen LogP contribution in [0, 0.1) is 13.8 Å². The van der Waals surface area contributed by atoms with Crippen molar-refractivity contribution in [3.8, 4) is 0 Å². The second-order valence-corrected chi connectivity index (χ2v) is 7.36. The van der Waals surface area contributed by atoms with Crippen molar-refractivity contribution in [2.24, 2.45) is 0 Å². The lowest BCUT2D eigenvalue weighted by Crippen LogP contribution is -2.23. The summed E-state index contributed by atoms with van der Waals surface area (Å²) in [4.78, 5) is 42.5. The van der Waals surface area contributed by atoms with Gasteiger partial charge >= 0.3 is 0 Å². The molecule has 0 atom stereocenters. The summed E-state index contributed by atoms with van der Waals surface area (Å²) in [5.41, 5.74) is 1.94. The van der Waals surface area contributed by atoms with E-state index in [4.69, 9.17) is 0 Å². The fraction of sp³-hybridized carbons (Fsp3) is 0.263. The third-order valence-corrected chi connectivity index (χ3v) is 5.51. The smallest absolute Gasteiger partial charge is 0.262 e. The Morgan fingerprint density at radius 2 is 1.89 bits per heavy atom. The maximum atomic E-state index is 12.6. The number of nitrogens with zero attached hydrogens (tertiary/aromatic N) is 2. The SMILES string of the molecule is CNC(=O)c1ccc(NC(=O)CCn2cnc3sc(C)c(C)c3c2=O)cc1. The number of carbonyl (C=O) groups is 2. The molecule has 0 bridgehead atoms. The molecule has 8 heteroatoms. The molecule has 3 rings (SSSR count). The van der Waals surface area contributed by atoms with Crippen LogP contribution in [0.4, 0.5) is 5.69 Å². The van der Waals surface area contributed by atoms with Gasteiger partial charge in [0.2, 0.25) is 5.91 Å². The first-order chi connectivity index (χ1) is 12.9. The van der Waals surface area contributed by atoms with Crippen LogP contribution in [-0.2, 0) is 11.3 Å². The number of thiophene rings is 1. The monoisotopic (exact) mass is 384 g/mol. The van der Waals surface area contributed by atoms with E-state index in [1.165, 1.54) is 22.2 Å². The van der Waals surface area contributed by atoms with Gasteiger partial charge in [0.05, 0.1) is 11.7 Å². The van der Waals surface area contributed by atoms with Crippen molar-refractivity contribution in [2.45, 2.75) is 26.8 Å². The molecule has 0 aliphatic heterocycles. The topological polar surface area (TPSA) is 93.1 Å². The highest BCUT2D eigenvalue weighted by molar-refractivity contribution is 7.18. The van der Waals surface area contributed by atoms with Crippen molar-refractivity contribution in [1.82, 2.24) is 14.9 Å². The summed E-state index contributed by atoms with van der Waals surface area (Å²) < 4.78 is 1.47. The number of fused-ring (bicyclic) bond motifs is 1. The lowest BCUT2D eigenvalue weighted by Gasteiger charge is -2.08. The lowest BCUT2D eigenvalue weighted by atomic mass is 10.2. The number of carbonyl (C=O) groups excluding carboxylic acids is 2. The van der Waals surface area contributed by atoms with Gasteiger partial charge in [-0.15, -0.1) is 11.3 Å². The molecule has 2 amide bonds. The Morgan fingerprint density at radius 1 is 1.19 bits per heavy atom. The molecule has 140 valence electrons. The molecule has 0 unspecified atom stereocenters. The van der Waals surface area contributed by atoms with Gasteiger partial charge in [-0.05, 0) is 43.7 Å². The Morgan fingerprint density at radius 3 is 2.56 bits per heavy atom. The standard InChI is InChI=1S/C19H20N4O3S/c1-11-12(2)27-18-16(11)19(26)23(10-21-18)9-8-15(24)22-14-6-4-13(5-7-14)17(25)20-3/h4-7,10H,8-9H2,1-3H3,(H,20,25)(H,22,24). The zero-order chi connectivity index (χ0) is 19.6. The van der Waals surface area contributed by atoms with Gasteiger partial charge in [0.25, 0.3) is 11.5 Å². The van der Waals surface area contributed by atoms with E-state index >= 15 is 0 Å². The van der Waals surface area contributed by atoms with Crippen molar-refractivity contribution < 1.29 is 9.59 Å². The molecule has 0 aliphatic carbocycles. The fourth-order valence-electron chi connectivity index (χ4n) is 2.72. The van der Waals surface area contributed by atoms with Gasteiger partial charge in [-0.25, -0.2) is 4.98 Å². The third kappa shape index (κ3) is 3.90. The minimum Gasteiger partial charge on any atom is -0.355 e. The maximum Gasteiger partial charge on any atom is 0.262 e. The molecular formula is C19H20N4O3S. The molecule has 0 spiro atoms. The minimum absolute atomic E-state index is 0.121. The first kappa shape index (κ1) is 18.8. The Hall–Kier alpha value is -3.00. The highest BCUT2D eigenvalue weighted by atomic mass is 32.1. The predicted molar refractivity (Wildman–Crippen MR) is 106 cm³/mol. The number of benzene rings is 1. The molecule has 0 saturated heterocycles. The van der Waals surface area contributed by atoms with Crippen LogP contribution < -0.4 is 16.2 Å². The lowest BCUT2D eigenvalue weighted by molar-refractivity contribution is -0.116. The normalized spacial score (nSPS) is 10.8. The van der Waals surface area contributed by atoms with E-state index in [-0.39, 0.29) is 30.3 Å². The summed E-state index contributed by atoms with van der Waals surface area (Å²) in [6.07, 6.45) is 1.64. The summed E-state index contributed by atoms with van der Waals surface area (Å²) in [5.74, 6) is -0.401. The largest absolute Gasteiger partial charge is 0.355 e. The molecule has 1 aromatic carbocycles. The van der Waals surface area contributed by atoms with Crippen LogP contribution in [0.3, 0.4) is 0 Å². The van der Waals surface area contributed by atoms with Gasteiger partial charge in [0, 0.05) is 36.1 Å². The van der Waals surface area contributed by atoms with Crippen molar-refractivity contribution >= 4 is 39.1 Å². The van der Waals surface area contributed by atoms with Gasteiger partial charge in [-0.3, -0.25) is 19.0 Å². The maximum absolute atomic E-state index is 12.6. The molecule has 2 heterocycles. The summed E-state index contributed by atoms with van der Waals surface area (Å²) in [6.45, 7) is 4.13. The number of nitrogens with one attached hydrogen (secondary N) is 2. The number of hydrogen-bond acceptors (Lipinski definition) is 5. The van der Waals surface area contributed by atoms with E-state index in [9.17, 15) is 14.4 Å². The Kier molecular flexibility index (Phi) is 5.36. The van der Waals surface area contributed by atoms with Crippen LogP contribution in [0.1, 0.15) is 27.2 Å². The number of rotatable bonds is 5. The van der Waals surface area contributed by atoms with Crippen molar-refractivity contribution in [1.29, 1.82) is 0 Å². The van der Waals surface area contributed by atoms with Crippen LogP contribution in [0.25, 0.3) is 10.2 Å². The summed E-state index contributed by atoms with van der Waals surface area (Å²) in [7, 11) is 1.56. The molecule has 0 radical (unpaired) electrons. The van der Waals surface area contributed by atoms with Gasteiger partial charge in [-0.1, -0.05) is 0 Å². The average molecular weight is 384 g/mol. The van der Waals surface area contributed by atoms with E-state index < -0.39 is 0 Å². The number of aromatic nitrogens is 2. The molecular weight excluding hydrogens is 364 g/mol. The predicted octanol–water partition coefficient (Wildman–Crippen LogP) is 2.46. The van der Waals surface area contributed by atoms with Crippen LogP contribution in [-0.4, -0.2) is 28.4 Å². The molecule has 0 saturated carbocycles. The number of amides is 2. The Balaban J connectivity index is 1.66. The van der Waals surface area contributed by atoms with Gasteiger partial charge in [-0.2, -0.15) is 0 Å². The minimum atomic E-state index is -0.215. The Labute approximate surface area is 160 Å². The van der Waals surface area contributed by atoms with E-state index in [1.807, 2.05) is 13.8 Å². The third-order valence-electron chi connectivity index (χ3n) is 4.39. The molecule has 2 aromatic heterocycles. The second kappa shape index (κ2) is 7.71. The molecule has 27 heavy (non-hydrogen) atoms. The molecule has 0 aliphatic rings. The summed E-state index contributed by atoms with van der Waals surface area (Å²) in [6, 6.07) is 6.61. The zero-order valence-electron chi connectivity index (χ0n) is 15.3. The van der Waals surface area contributed by atoms with Crippen molar-refractivity contribution in [3.05, 3.63) is 57.0 Å². The van der Waals surface area contributed by atoms with E-state index in [0.717, 1.165) is 15.3 Å². The average Bonchev–Trinajstić information content (AvgIpc) is 2.96. The molecule has 3 aromatic rings. The second-order valence-electron chi connectivity index (χ2n) is 6.16. The van der Waals surface area contributed by atoms with Gasteiger partial charge < -0.3 is 10.6 Å².